The minimum atomic E-state index is -4.47. The topological polar surface area (TPSA) is 145 Å². The summed E-state index contributed by atoms with van der Waals surface area (Å²) in [5, 5.41) is 13.9. The highest BCUT2D eigenvalue weighted by molar-refractivity contribution is 7.91. The molecule has 1 aliphatic carbocycles. The second-order valence-corrected chi connectivity index (χ2v) is 11.6. The number of carbonyl (C=O) groups excluding carboxylic acids is 2. The van der Waals surface area contributed by atoms with Crippen LogP contribution >= 0.6 is 0 Å². The average molecular weight is 554 g/mol. The number of sulfone groups is 1. The predicted octanol–water partition coefficient (Wildman–Crippen LogP) is 2.22. The number of amides is 2. The summed E-state index contributed by atoms with van der Waals surface area (Å²) in [6.45, 7) is 0.232. The highest BCUT2D eigenvalue weighted by atomic mass is 32.2. The van der Waals surface area contributed by atoms with E-state index in [4.69, 9.17) is 9.26 Å². The van der Waals surface area contributed by atoms with Gasteiger partial charge in [0.1, 0.15) is 22.8 Å². The first kappa shape index (κ1) is 25.8. The van der Waals surface area contributed by atoms with E-state index in [-0.39, 0.29) is 29.4 Å². The van der Waals surface area contributed by atoms with Gasteiger partial charge >= 0.3 is 6.18 Å². The summed E-state index contributed by atoms with van der Waals surface area (Å²) < 4.78 is 72.1. The largest absolute Gasteiger partial charge is 0.484 e. The maximum Gasteiger partial charge on any atom is 0.422 e. The number of benzene rings is 1. The fourth-order valence-electron chi connectivity index (χ4n) is 4.87. The SMILES string of the molecule is Cc1cc(-n2nc3c(c2NC(=O)CS(C)(=O)=O)C(=O)N[C@@]2(CCc4cc(OCC(F)(F)F)ccc42)C3)no1. The second-order valence-electron chi connectivity index (χ2n) is 9.43. The standard InChI is InChI=1S/C23H22F3N5O6S/c1-12-7-17(30-37-12)31-20(27-18(32)10-38(2,34)35)19-16(29-31)9-22(28-21(19)33)6-5-13-8-14(3-4-15(13)22)36-11-23(24,25)26/h3-4,7-8H,5-6,9-11H2,1-2H3,(H,27,32)(H,28,33)/t22-/m0/s1. The lowest BCUT2D eigenvalue weighted by molar-refractivity contribution is -0.153. The summed E-state index contributed by atoms with van der Waals surface area (Å²) in [7, 11) is -3.65. The lowest BCUT2D eigenvalue weighted by Gasteiger charge is -2.35. The second kappa shape index (κ2) is 8.85. The molecule has 3 aromatic rings. The van der Waals surface area contributed by atoms with Crippen molar-refractivity contribution >= 4 is 27.5 Å². The third kappa shape index (κ3) is 4.97. The number of fused-ring (bicyclic) bond motifs is 3. The summed E-state index contributed by atoms with van der Waals surface area (Å²) in [6, 6.07) is 6.12. The predicted molar refractivity (Wildman–Crippen MR) is 126 cm³/mol. The third-order valence-corrected chi connectivity index (χ3v) is 7.09. The maximum absolute atomic E-state index is 13.4. The Morgan fingerprint density at radius 3 is 2.74 bits per heavy atom. The van der Waals surface area contributed by atoms with Crippen LogP contribution in [0.25, 0.3) is 5.82 Å². The van der Waals surface area contributed by atoms with E-state index in [9.17, 15) is 31.2 Å². The Hall–Kier alpha value is -3.88. The minimum absolute atomic E-state index is 0.0524. The van der Waals surface area contributed by atoms with Crippen LogP contribution in [0.3, 0.4) is 0 Å². The Balaban J connectivity index is 1.51. The van der Waals surface area contributed by atoms with Gasteiger partial charge in [-0.2, -0.15) is 23.0 Å². The van der Waals surface area contributed by atoms with Gasteiger partial charge in [0, 0.05) is 18.7 Å². The fourth-order valence-corrected chi connectivity index (χ4v) is 5.42. The number of aryl methyl sites for hydroxylation is 2. The first-order valence-corrected chi connectivity index (χ1v) is 13.5. The molecule has 1 aromatic carbocycles. The van der Waals surface area contributed by atoms with Gasteiger partial charge in [0.25, 0.3) is 5.91 Å². The molecule has 0 radical (unpaired) electrons. The number of ether oxygens (including phenoxy) is 1. The zero-order chi connectivity index (χ0) is 27.5. The number of hydrogen-bond acceptors (Lipinski definition) is 8. The van der Waals surface area contributed by atoms with Crippen molar-refractivity contribution in [2.24, 2.45) is 0 Å². The number of anilines is 1. The molecule has 2 N–H and O–H groups in total. The molecule has 1 atom stereocenters. The fraction of sp³-hybridized carbons (Fsp3) is 0.391. The van der Waals surface area contributed by atoms with Crippen molar-refractivity contribution in [1.29, 1.82) is 0 Å². The number of nitrogens with one attached hydrogen (secondary N) is 2. The van der Waals surface area contributed by atoms with E-state index in [1.165, 1.54) is 22.9 Å². The third-order valence-electron chi connectivity index (χ3n) is 6.31. The summed E-state index contributed by atoms with van der Waals surface area (Å²) in [4.78, 5) is 25.9. The van der Waals surface area contributed by atoms with E-state index in [1.807, 2.05) is 0 Å². The molecule has 0 bridgehead atoms. The molecule has 202 valence electrons. The van der Waals surface area contributed by atoms with Crippen LogP contribution in [0.5, 0.6) is 5.75 Å². The zero-order valence-corrected chi connectivity index (χ0v) is 21.0. The molecule has 2 amide bonds. The summed E-state index contributed by atoms with van der Waals surface area (Å²) in [5.74, 6) is -1.59. The Morgan fingerprint density at radius 1 is 1.32 bits per heavy atom. The molecule has 38 heavy (non-hydrogen) atoms. The Kier molecular flexibility index (Phi) is 6.00. The van der Waals surface area contributed by atoms with Crippen LogP contribution in [0, 0.1) is 6.92 Å². The molecule has 0 fully saturated rings. The summed E-state index contributed by atoms with van der Waals surface area (Å²) in [6.07, 6.45) is -2.41. The molecule has 3 heterocycles. The number of nitrogens with zero attached hydrogens (tertiary/aromatic N) is 3. The molecule has 2 aromatic heterocycles. The van der Waals surface area contributed by atoms with Crippen molar-refractivity contribution in [2.75, 3.05) is 23.9 Å². The smallest absolute Gasteiger partial charge is 0.422 e. The van der Waals surface area contributed by atoms with Crippen molar-refractivity contribution in [3.8, 4) is 11.6 Å². The highest BCUT2D eigenvalue weighted by Crippen LogP contribution is 2.44. The van der Waals surface area contributed by atoms with Gasteiger partial charge in [0.05, 0.1) is 11.2 Å². The van der Waals surface area contributed by atoms with Crippen molar-refractivity contribution < 1.29 is 40.4 Å². The van der Waals surface area contributed by atoms with Gasteiger partial charge < -0.3 is 19.9 Å². The van der Waals surface area contributed by atoms with Crippen LogP contribution in [0.4, 0.5) is 19.0 Å². The van der Waals surface area contributed by atoms with Crippen LogP contribution in [-0.2, 0) is 33.0 Å². The molecule has 0 unspecified atom stereocenters. The molecule has 5 rings (SSSR count). The molecule has 2 aliphatic rings. The molecule has 15 heteroatoms. The van der Waals surface area contributed by atoms with Crippen LogP contribution < -0.4 is 15.4 Å². The quantitative estimate of drug-likeness (QED) is 0.473. The van der Waals surface area contributed by atoms with Gasteiger partial charge in [0.2, 0.25) is 5.91 Å². The van der Waals surface area contributed by atoms with E-state index < -0.39 is 45.7 Å². The van der Waals surface area contributed by atoms with Crippen molar-refractivity contribution in [3.05, 3.63) is 52.4 Å². The van der Waals surface area contributed by atoms with Crippen LogP contribution in [0.1, 0.15) is 39.4 Å². The van der Waals surface area contributed by atoms with Gasteiger partial charge in [-0.25, -0.2) is 8.42 Å². The lowest BCUT2D eigenvalue weighted by Crippen LogP contribution is -2.49. The molecule has 0 saturated carbocycles. The van der Waals surface area contributed by atoms with Gasteiger partial charge in [-0.05, 0) is 43.0 Å². The monoisotopic (exact) mass is 553 g/mol. The summed E-state index contributed by atoms with van der Waals surface area (Å²) >= 11 is 0. The molecule has 1 spiro atoms. The Labute approximate surface area is 214 Å². The number of halogens is 3. The van der Waals surface area contributed by atoms with E-state index in [1.54, 1.807) is 13.0 Å². The van der Waals surface area contributed by atoms with E-state index in [0.29, 0.717) is 24.3 Å². The molecule has 0 saturated heterocycles. The average Bonchev–Trinajstić information content (AvgIpc) is 3.47. The number of alkyl halides is 3. The normalized spacial score (nSPS) is 18.7. The number of carbonyl (C=O) groups is 2. The van der Waals surface area contributed by atoms with Crippen LogP contribution in [0.15, 0.2) is 28.8 Å². The Morgan fingerprint density at radius 2 is 2.08 bits per heavy atom. The first-order valence-electron chi connectivity index (χ1n) is 11.4. The van der Waals surface area contributed by atoms with Gasteiger partial charge in [-0.3, -0.25) is 9.59 Å². The van der Waals surface area contributed by atoms with Crippen molar-refractivity contribution in [1.82, 2.24) is 20.3 Å². The van der Waals surface area contributed by atoms with Gasteiger partial charge in [-0.15, -0.1) is 0 Å². The molecular formula is C23H22F3N5O6S. The van der Waals surface area contributed by atoms with E-state index in [0.717, 1.165) is 17.4 Å². The molecule has 1 aliphatic heterocycles. The summed E-state index contributed by atoms with van der Waals surface area (Å²) in [5.41, 5.74) is 0.965. The molecular weight excluding hydrogens is 531 g/mol. The number of hydrogen-bond donors (Lipinski definition) is 2. The lowest BCUT2D eigenvalue weighted by atomic mass is 9.82. The first-order chi connectivity index (χ1) is 17.7. The maximum atomic E-state index is 13.4. The van der Waals surface area contributed by atoms with Gasteiger partial charge in [0.15, 0.2) is 28.1 Å². The number of rotatable bonds is 6. The van der Waals surface area contributed by atoms with E-state index in [2.05, 4.69) is 20.9 Å². The van der Waals surface area contributed by atoms with Crippen molar-refractivity contribution in [3.63, 3.8) is 0 Å². The molecule has 11 nitrogen and oxygen atoms in total. The Bertz CT molecular complexity index is 1560. The van der Waals surface area contributed by atoms with Crippen LogP contribution in [-0.4, -0.2) is 60.0 Å². The zero-order valence-electron chi connectivity index (χ0n) is 20.2. The van der Waals surface area contributed by atoms with E-state index >= 15 is 0 Å². The highest BCUT2D eigenvalue weighted by Gasteiger charge is 2.47. The minimum Gasteiger partial charge on any atom is -0.484 e. The van der Waals surface area contributed by atoms with Crippen LogP contribution in [0.2, 0.25) is 0 Å². The van der Waals surface area contributed by atoms with Crippen molar-refractivity contribution in [2.45, 2.75) is 37.9 Å². The number of aromatic nitrogens is 3. The van der Waals surface area contributed by atoms with Gasteiger partial charge in [-0.1, -0.05) is 11.2 Å².